The maximum absolute atomic E-state index is 6.13. The van der Waals surface area contributed by atoms with Gasteiger partial charge in [0.2, 0.25) is 0 Å². The number of aromatic nitrogens is 4. The summed E-state index contributed by atoms with van der Waals surface area (Å²) in [5.41, 5.74) is 18.2. The van der Waals surface area contributed by atoms with Crippen LogP contribution in [0.2, 0.25) is 0 Å². The molecule has 0 fully saturated rings. The van der Waals surface area contributed by atoms with Crippen LogP contribution in [0.1, 0.15) is 176 Å². The molecule has 4 atom stereocenters. The van der Waals surface area contributed by atoms with Crippen LogP contribution in [0.4, 0.5) is 0 Å². The average molecular weight is 1210 g/mol. The van der Waals surface area contributed by atoms with Crippen LogP contribution in [0.15, 0.2) is 215 Å². The van der Waals surface area contributed by atoms with Crippen molar-refractivity contribution in [3.63, 3.8) is 0 Å². The minimum absolute atomic E-state index is 0.310. The molecule has 0 spiro atoms. The minimum Gasteiger partial charge on any atom is -0.355 e. The maximum atomic E-state index is 6.13. The van der Waals surface area contributed by atoms with Gasteiger partial charge in [-0.05, 0) is 118 Å². The van der Waals surface area contributed by atoms with Gasteiger partial charge < -0.3 is 9.97 Å². The van der Waals surface area contributed by atoms with Gasteiger partial charge in [-0.1, -0.05) is 229 Å². The number of hydrogen-bond donors (Lipinski definition) is 2. The third-order valence-electron chi connectivity index (χ3n) is 21.3. The summed E-state index contributed by atoms with van der Waals surface area (Å²) in [6.45, 7) is 28.8. The molecule has 7 aromatic rings. The molecule has 2 N–H and O–H groups in total. The smallest absolute Gasteiger partial charge is 0.0700 e. The molecule has 0 radical (unpaired) electrons. The van der Waals surface area contributed by atoms with E-state index in [4.69, 9.17) is 29.9 Å². The van der Waals surface area contributed by atoms with Crippen molar-refractivity contribution in [2.24, 2.45) is 41.6 Å². The Hall–Kier alpha value is -8.88. The molecule has 0 amide bonds. The third kappa shape index (κ3) is 11.3. The number of fused-ring (bicyclic) bond motifs is 8. The molecule has 0 aliphatic carbocycles. The molecular weight excluding hydrogens is 1120 g/mol. The number of rotatable bonds is 12. The summed E-state index contributed by atoms with van der Waals surface area (Å²) in [4.78, 5) is 41.8. The first-order chi connectivity index (χ1) is 44.0. The molecule has 13 rings (SSSR count). The fourth-order valence-corrected chi connectivity index (χ4v) is 15.9. The summed E-state index contributed by atoms with van der Waals surface area (Å²) in [5, 5.41) is 0. The Morgan fingerprint density at radius 1 is 0.293 bits per heavy atom. The van der Waals surface area contributed by atoms with E-state index in [-0.39, 0.29) is 21.7 Å². The predicted octanol–water partition coefficient (Wildman–Crippen LogP) is 20.2. The number of nitrogens with one attached hydrogen (secondary N) is 2. The van der Waals surface area contributed by atoms with E-state index >= 15 is 0 Å². The van der Waals surface area contributed by atoms with E-state index in [0.29, 0.717) is 19.3 Å². The van der Waals surface area contributed by atoms with Crippen LogP contribution in [0.25, 0.3) is 46.4 Å². The van der Waals surface area contributed by atoms with Crippen molar-refractivity contribution in [1.82, 2.24) is 19.9 Å². The van der Waals surface area contributed by atoms with Gasteiger partial charge in [0.1, 0.15) is 0 Å². The number of H-pyrrole nitrogens is 2. The van der Waals surface area contributed by atoms with Gasteiger partial charge >= 0.3 is 0 Å². The quantitative estimate of drug-likeness (QED) is 0.127. The monoisotopic (exact) mass is 1210 g/mol. The van der Waals surface area contributed by atoms with Crippen LogP contribution in [-0.2, 0) is 47.3 Å². The van der Waals surface area contributed by atoms with E-state index in [1.54, 1.807) is 0 Å². The van der Waals surface area contributed by atoms with E-state index in [0.717, 1.165) is 116 Å². The molecule has 3 aromatic heterocycles. The Balaban J connectivity index is 1.16. The highest BCUT2D eigenvalue weighted by Gasteiger charge is 2.51. The van der Waals surface area contributed by atoms with Crippen LogP contribution in [0.5, 0.6) is 0 Å². The second kappa shape index (κ2) is 23.7. The maximum Gasteiger partial charge on any atom is 0.0700 e. The normalized spacial score (nSPS) is 22.3. The lowest BCUT2D eigenvalue weighted by Crippen LogP contribution is -2.43. The van der Waals surface area contributed by atoms with Gasteiger partial charge in [-0.15, -0.1) is 0 Å². The van der Waals surface area contributed by atoms with Gasteiger partial charge in [0.25, 0.3) is 0 Å². The zero-order valence-electron chi connectivity index (χ0n) is 56.1. The van der Waals surface area contributed by atoms with Gasteiger partial charge in [0, 0.05) is 139 Å². The molecule has 0 saturated carbocycles. The van der Waals surface area contributed by atoms with Crippen LogP contribution < -0.4 is 0 Å². The molecule has 6 aliphatic heterocycles. The summed E-state index contributed by atoms with van der Waals surface area (Å²) >= 11 is 0. The van der Waals surface area contributed by atoms with E-state index in [9.17, 15) is 0 Å². The van der Waals surface area contributed by atoms with Crippen LogP contribution in [-0.4, -0.2) is 42.8 Å². The Bertz CT molecular complexity index is 4280. The molecule has 466 valence electrons. The highest BCUT2D eigenvalue weighted by atomic mass is 14.9. The van der Waals surface area contributed by atoms with Crippen molar-refractivity contribution in [2.75, 3.05) is 0 Å². The van der Waals surface area contributed by atoms with Gasteiger partial charge in [-0.2, -0.15) is 0 Å². The summed E-state index contributed by atoms with van der Waals surface area (Å²) in [6.07, 6.45) is 32.9. The number of hydrogen-bond acceptors (Lipinski definition) is 6. The first-order valence-electron chi connectivity index (χ1n) is 33.3. The van der Waals surface area contributed by atoms with Crippen molar-refractivity contribution in [1.29, 1.82) is 0 Å². The molecule has 0 saturated heterocycles. The number of benzene rings is 4. The third-order valence-corrected chi connectivity index (χ3v) is 21.3. The number of nitrogens with zero attached hydrogens (tertiary/aromatic N) is 6. The van der Waals surface area contributed by atoms with Crippen molar-refractivity contribution >= 4 is 69.2 Å². The van der Waals surface area contributed by atoms with E-state index < -0.39 is 21.7 Å². The second-order valence-corrected chi connectivity index (χ2v) is 30.8. The first kappa shape index (κ1) is 62.0. The fourth-order valence-electron chi connectivity index (χ4n) is 15.9. The second-order valence-electron chi connectivity index (χ2n) is 30.8. The van der Waals surface area contributed by atoms with E-state index in [2.05, 4.69) is 312 Å². The van der Waals surface area contributed by atoms with Gasteiger partial charge in [0.15, 0.2) is 0 Å². The zero-order valence-corrected chi connectivity index (χ0v) is 56.1. The molecule has 8 bridgehead atoms. The highest BCUT2D eigenvalue weighted by molar-refractivity contribution is 5.96. The first-order valence-corrected chi connectivity index (χ1v) is 33.3. The van der Waals surface area contributed by atoms with Gasteiger partial charge in [-0.25, -0.2) is 9.97 Å². The summed E-state index contributed by atoms with van der Waals surface area (Å²) in [7, 11) is 0. The molecule has 92 heavy (non-hydrogen) atoms. The Kier molecular flexibility index (Phi) is 15.9. The molecular formula is C84H90N8. The average Bonchev–Trinajstić information content (AvgIpc) is 1.44. The lowest BCUT2D eigenvalue weighted by Gasteiger charge is -2.46. The summed E-state index contributed by atoms with van der Waals surface area (Å²) < 4.78 is 0. The minimum atomic E-state index is -0.605. The topological polar surface area (TPSA) is 107 Å². The Morgan fingerprint density at radius 2 is 0.522 bits per heavy atom. The molecule has 8 heteroatoms. The largest absolute Gasteiger partial charge is 0.355 e. The van der Waals surface area contributed by atoms with Crippen molar-refractivity contribution < 1.29 is 0 Å². The summed E-state index contributed by atoms with van der Waals surface area (Å²) in [6, 6.07) is 52.6. The number of aliphatic imine (C=N–C) groups is 4. The molecule has 6 aliphatic rings. The number of allylic oxidation sites excluding steroid dienone is 4. The zero-order chi connectivity index (χ0) is 64.3. The van der Waals surface area contributed by atoms with E-state index in [1.165, 1.54) is 27.8 Å². The van der Waals surface area contributed by atoms with Crippen LogP contribution in [0, 0.1) is 21.7 Å². The van der Waals surface area contributed by atoms with Crippen molar-refractivity contribution in [3.8, 4) is 0 Å². The molecule has 8 nitrogen and oxygen atoms in total. The predicted molar refractivity (Wildman–Crippen MR) is 389 cm³/mol. The van der Waals surface area contributed by atoms with E-state index in [1.807, 2.05) is 0 Å². The van der Waals surface area contributed by atoms with Crippen LogP contribution in [0.3, 0.4) is 0 Å². The van der Waals surface area contributed by atoms with Gasteiger partial charge in [0.05, 0.1) is 22.8 Å². The SMILES string of the molecule is CC(C)(C)C1(c2c3nc(c(C4(C(C)(C)C)C=CN=C(Cc5ccccc5)C4)c4ccc([nH]4)c(C4(C(C)(C)C)C=CN=C(Cc5ccccc5)C4)c4ccc([nH]4)c(C4(C(C)(C)C)C=CN=C(Cc5ccccc5)C4)c4nc2C=C4)C=C3)C=CN=C(Cc2ccccc2)C1. The molecule has 4 unspecified atom stereocenters. The van der Waals surface area contributed by atoms with Crippen molar-refractivity contribution in [3.05, 3.63) is 262 Å². The number of aromatic amines is 2. The Labute approximate surface area is 545 Å². The highest BCUT2D eigenvalue weighted by Crippen LogP contribution is 2.56. The molecule has 9 heterocycles. The lowest BCUT2D eigenvalue weighted by atomic mass is 9.58. The van der Waals surface area contributed by atoms with Crippen LogP contribution >= 0.6 is 0 Å². The van der Waals surface area contributed by atoms with Crippen molar-refractivity contribution in [2.45, 2.75) is 156 Å². The fraction of sp³-hybridized carbons (Fsp3) is 0.333. The standard InChI is InChI=1S/C84H90N8/c1-77(2,3)81(41-45-85-61(53-81)49-57-25-17-13-18-26-57)73-65-33-35-67(89-65)74(82(78(4,5)6)42-46-86-62(54-82)50-58-27-19-14-20-28-58)69-37-39-71(91-69)76(84(80(10,11)12)44-48-88-64(56-84)52-60-31-23-16-24-32-60)72-40-38-70(92-72)75(68-36-34-66(73)90-68)83(79(7,8)9)43-47-87-63(55-83)51-59-29-21-15-22-30-59/h13-48,89-90H,49-56H2,1-12H3. The molecule has 4 aromatic carbocycles. The Morgan fingerprint density at radius 3 is 0.783 bits per heavy atom. The lowest BCUT2D eigenvalue weighted by molar-refractivity contribution is 0.239. The van der Waals surface area contributed by atoms with Gasteiger partial charge in [-0.3, -0.25) is 20.0 Å². The summed E-state index contributed by atoms with van der Waals surface area (Å²) in [5.74, 6) is 0.